The molecule has 0 heterocycles. The molecule has 0 saturated carbocycles. The summed E-state index contributed by atoms with van der Waals surface area (Å²) in [4.78, 5) is 0. The van der Waals surface area contributed by atoms with Crippen molar-refractivity contribution in [1.29, 1.82) is 0 Å². The minimum absolute atomic E-state index is 0.368. The van der Waals surface area contributed by atoms with Gasteiger partial charge in [0.1, 0.15) is 4.49 Å². The Kier molecular flexibility index (Phi) is 7.59. The molecule has 0 aliphatic heterocycles. The molecule has 0 aliphatic carbocycles. The van der Waals surface area contributed by atoms with Gasteiger partial charge in [0.25, 0.3) is 0 Å². The molecule has 3 heteroatoms. The van der Waals surface area contributed by atoms with Crippen LogP contribution in [0.4, 0.5) is 0 Å². The van der Waals surface area contributed by atoms with E-state index in [1.165, 1.54) is 0 Å². The first-order valence-corrected chi connectivity index (χ1v) is 4.24. The first-order valence-electron chi connectivity index (χ1n) is 3.48. The van der Waals surface area contributed by atoms with Crippen LogP contribution in [-0.4, -0.2) is 6.54 Å². The molecule has 0 aromatic heterocycles. The van der Waals surface area contributed by atoms with Gasteiger partial charge >= 0.3 is 0 Å². The topological polar surface area (TPSA) is 26.0 Å². The lowest BCUT2D eigenvalue weighted by atomic mass is 10.2. The van der Waals surface area contributed by atoms with Gasteiger partial charge < -0.3 is 5.73 Å². The Morgan fingerprint density at radius 2 is 1.90 bits per heavy atom. The number of unbranched alkanes of at least 4 members (excludes halogenated alkanes) is 3. The van der Waals surface area contributed by atoms with Gasteiger partial charge in [-0.3, -0.25) is 0 Å². The van der Waals surface area contributed by atoms with Crippen molar-refractivity contribution < 1.29 is 0 Å². The molecule has 0 radical (unpaired) electrons. The first kappa shape index (κ1) is 10.3. The summed E-state index contributed by atoms with van der Waals surface area (Å²) in [7, 11) is 0. The van der Waals surface area contributed by atoms with Gasteiger partial charge in [0.15, 0.2) is 0 Å². The summed E-state index contributed by atoms with van der Waals surface area (Å²) in [5.41, 5.74) is 5.30. The van der Waals surface area contributed by atoms with Gasteiger partial charge in [0.05, 0.1) is 0 Å². The van der Waals surface area contributed by atoms with Crippen LogP contribution in [0.15, 0.2) is 10.6 Å². The Morgan fingerprint density at radius 3 is 2.40 bits per heavy atom. The summed E-state index contributed by atoms with van der Waals surface area (Å²) in [6.07, 6.45) is 6.16. The zero-order valence-corrected chi connectivity index (χ0v) is 7.46. The Bertz CT molecular complexity index is 97.8. The maximum absolute atomic E-state index is 5.39. The standard InChI is InChI=1S/C7H13Cl2N/c8-7(9)5-3-1-2-4-6-10/h5H,1-4,6,10H2. The van der Waals surface area contributed by atoms with Crippen molar-refractivity contribution in [3.05, 3.63) is 10.6 Å². The summed E-state index contributed by atoms with van der Waals surface area (Å²) in [6, 6.07) is 0. The van der Waals surface area contributed by atoms with Crippen LogP contribution in [0, 0.1) is 0 Å². The highest BCUT2D eigenvalue weighted by molar-refractivity contribution is 6.55. The van der Waals surface area contributed by atoms with Crippen molar-refractivity contribution in [2.75, 3.05) is 6.54 Å². The maximum Gasteiger partial charge on any atom is 0.102 e. The molecule has 2 N–H and O–H groups in total. The average molecular weight is 182 g/mol. The minimum Gasteiger partial charge on any atom is -0.330 e. The zero-order valence-electron chi connectivity index (χ0n) is 5.95. The molecule has 0 amide bonds. The third-order valence-corrected chi connectivity index (χ3v) is 1.52. The van der Waals surface area contributed by atoms with Gasteiger partial charge in [-0.25, -0.2) is 0 Å². The molecular weight excluding hydrogens is 169 g/mol. The van der Waals surface area contributed by atoms with E-state index in [0.717, 1.165) is 32.2 Å². The molecule has 0 rings (SSSR count). The van der Waals surface area contributed by atoms with E-state index in [4.69, 9.17) is 28.9 Å². The second-order valence-electron chi connectivity index (χ2n) is 2.13. The molecule has 0 bridgehead atoms. The lowest BCUT2D eigenvalue weighted by Gasteiger charge is -1.93. The van der Waals surface area contributed by atoms with Crippen molar-refractivity contribution in [3.8, 4) is 0 Å². The molecular formula is C7H13Cl2N. The normalized spacial score (nSPS) is 9.50. The molecule has 10 heavy (non-hydrogen) atoms. The van der Waals surface area contributed by atoms with Crippen LogP contribution in [-0.2, 0) is 0 Å². The summed E-state index contributed by atoms with van der Waals surface area (Å²) < 4.78 is 0.368. The fourth-order valence-electron chi connectivity index (χ4n) is 0.677. The maximum atomic E-state index is 5.39. The number of hydrogen-bond acceptors (Lipinski definition) is 1. The lowest BCUT2D eigenvalue weighted by molar-refractivity contribution is 0.695. The molecule has 1 nitrogen and oxygen atoms in total. The number of rotatable bonds is 5. The molecule has 0 aromatic carbocycles. The van der Waals surface area contributed by atoms with Gasteiger partial charge in [0, 0.05) is 0 Å². The Hall–Kier alpha value is 0.280. The fourth-order valence-corrected chi connectivity index (χ4v) is 0.895. The van der Waals surface area contributed by atoms with Crippen LogP contribution in [0.25, 0.3) is 0 Å². The first-order chi connectivity index (χ1) is 4.77. The van der Waals surface area contributed by atoms with E-state index in [0.29, 0.717) is 4.49 Å². The Balaban J connectivity index is 2.98. The number of allylic oxidation sites excluding steroid dienone is 1. The van der Waals surface area contributed by atoms with E-state index < -0.39 is 0 Å². The van der Waals surface area contributed by atoms with E-state index in [1.54, 1.807) is 0 Å². The Morgan fingerprint density at radius 1 is 1.20 bits per heavy atom. The van der Waals surface area contributed by atoms with E-state index in [1.807, 2.05) is 6.08 Å². The van der Waals surface area contributed by atoms with Gasteiger partial charge in [-0.15, -0.1) is 0 Å². The third kappa shape index (κ3) is 8.28. The SMILES string of the molecule is NCCCCCC=C(Cl)Cl. The average Bonchev–Trinajstić information content (AvgIpc) is 1.87. The van der Waals surface area contributed by atoms with E-state index in [-0.39, 0.29) is 0 Å². The summed E-state index contributed by atoms with van der Waals surface area (Å²) in [6.45, 7) is 0.776. The zero-order chi connectivity index (χ0) is 7.82. The molecule has 0 aromatic rings. The van der Waals surface area contributed by atoms with Gasteiger partial charge in [0.2, 0.25) is 0 Å². The quantitative estimate of drug-likeness (QED) is 0.650. The highest BCUT2D eigenvalue weighted by atomic mass is 35.5. The van der Waals surface area contributed by atoms with Gasteiger partial charge in [-0.1, -0.05) is 35.7 Å². The summed E-state index contributed by atoms with van der Waals surface area (Å²) in [5, 5.41) is 0. The third-order valence-electron chi connectivity index (χ3n) is 1.21. The minimum atomic E-state index is 0.368. The summed E-state index contributed by atoms with van der Waals surface area (Å²) >= 11 is 10.8. The van der Waals surface area contributed by atoms with Crippen molar-refractivity contribution in [3.63, 3.8) is 0 Å². The second kappa shape index (κ2) is 7.39. The van der Waals surface area contributed by atoms with Crippen LogP contribution in [0.2, 0.25) is 0 Å². The van der Waals surface area contributed by atoms with Crippen LogP contribution >= 0.6 is 23.2 Å². The molecule has 0 unspecified atom stereocenters. The van der Waals surface area contributed by atoms with E-state index >= 15 is 0 Å². The van der Waals surface area contributed by atoms with E-state index in [2.05, 4.69) is 0 Å². The molecule has 0 fully saturated rings. The van der Waals surface area contributed by atoms with Crippen LogP contribution in [0.1, 0.15) is 25.7 Å². The molecule has 0 saturated heterocycles. The largest absolute Gasteiger partial charge is 0.330 e. The predicted molar refractivity (Wildman–Crippen MR) is 47.3 cm³/mol. The molecule has 60 valence electrons. The number of hydrogen-bond donors (Lipinski definition) is 1. The van der Waals surface area contributed by atoms with Gasteiger partial charge in [-0.05, 0) is 25.8 Å². The smallest absolute Gasteiger partial charge is 0.102 e. The monoisotopic (exact) mass is 181 g/mol. The van der Waals surface area contributed by atoms with E-state index in [9.17, 15) is 0 Å². The number of halogens is 2. The van der Waals surface area contributed by atoms with Crippen molar-refractivity contribution in [2.24, 2.45) is 5.73 Å². The van der Waals surface area contributed by atoms with Crippen LogP contribution < -0.4 is 5.73 Å². The lowest BCUT2D eigenvalue weighted by Crippen LogP contribution is -1.97. The highest BCUT2D eigenvalue weighted by Gasteiger charge is 1.86. The van der Waals surface area contributed by atoms with Crippen LogP contribution in [0.3, 0.4) is 0 Å². The van der Waals surface area contributed by atoms with Crippen molar-refractivity contribution >= 4 is 23.2 Å². The molecule has 0 spiro atoms. The number of nitrogens with two attached hydrogens (primary N) is 1. The Labute approximate surface area is 72.2 Å². The van der Waals surface area contributed by atoms with Crippen molar-refractivity contribution in [2.45, 2.75) is 25.7 Å². The van der Waals surface area contributed by atoms with Gasteiger partial charge in [-0.2, -0.15) is 0 Å². The second-order valence-corrected chi connectivity index (χ2v) is 3.14. The molecule has 0 aliphatic rings. The fraction of sp³-hybridized carbons (Fsp3) is 0.714. The highest BCUT2D eigenvalue weighted by Crippen LogP contribution is 2.09. The van der Waals surface area contributed by atoms with Crippen LogP contribution in [0.5, 0.6) is 0 Å². The molecule has 0 atom stereocenters. The van der Waals surface area contributed by atoms with Crippen molar-refractivity contribution in [1.82, 2.24) is 0 Å². The predicted octanol–water partition coefficient (Wildman–Crippen LogP) is 2.82. The summed E-state index contributed by atoms with van der Waals surface area (Å²) in [5.74, 6) is 0.